The minimum atomic E-state index is -4.92. The number of halogens is 4. The maximum absolute atomic E-state index is 15.1. The summed E-state index contributed by atoms with van der Waals surface area (Å²) >= 11 is 0. The van der Waals surface area contributed by atoms with E-state index in [-0.39, 0.29) is 17.3 Å². The smallest absolute Gasteiger partial charge is 0.416 e. The number of amides is 2. The second-order valence-electron chi connectivity index (χ2n) is 11.9. The molecule has 1 aliphatic heterocycles. The van der Waals surface area contributed by atoms with Crippen LogP contribution in [0.3, 0.4) is 0 Å². The first-order valence-corrected chi connectivity index (χ1v) is 15.8. The van der Waals surface area contributed by atoms with Gasteiger partial charge in [-0.1, -0.05) is 48.5 Å². The fourth-order valence-electron chi connectivity index (χ4n) is 6.24. The predicted octanol–water partition coefficient (Wildman–Crippen LogP) is 4.22. The molecule has 11 nitrogen and oxygen atoms in total. The number of rotatable bonds is 10. The van der Waals surface area contributed by atoms with Gasteiger partial charge in [0.15, 0.2) is 0 Å². The number of hydrogen-bond donors (Lipinski definition) is 3. The predicted molar refractivity (Wildman–Crippen MR) is 178 cm³/mol. The van der Waals surface area contributed by atoms with Crippen LogP contribution in [0.15, 0.2) is 82.4 Å². The van der Waals surface area contributed by atoms with Crippen molar-refractivity contribution in [3.05, 3.63) is 133 Å². The van der Waals surface area contributed by atoms with Crippen molar-refractivity contribution < 1.29 is 32.3 Å². The lowest BCUT2D eigenvalue weighted by atomic mass is 10.1. The zero-order valence-corrected chi connectivity index (χ0v) is 27.3. The molecule has 1 saturated heterocycles. The van der Waals surface area contributed by atoms with Crippen molar-refractivity contribution in [3.63, 3.8) is 0 Å². The van der Waals surface area contributed by atoms with Gasteiger partial charge in [0.2, 0.25) is 0 Å². The van der Waals surface area contributed by atoms with Crippen molar-refractivity contribution in [3.8, 4) is 0 Å². The molecule has 0 aliphatic carbocycles. The largest absolute Gasteiger partial charge is 0.465 e. The quantitative estimate of drug-likeness (QED) is 0.212. The summed E-state index contributed by atoms with van der Waals surface area (Å²) in [5.74, 6) is -1.39. The topological polar surface area (TPSA) is 129 Å². The molecule has 3 N–H and O–H groups in total. The Morgan fingerprint density at radius 3 is 2.22 bits per heavy atom. The molecule has 1 aromatic heterocycles. The Hall–Kier alpha value is -5.44. The fraction of sp³-hybridized carbons (Fsp3) is 0.314. The van der Waals surface area contributed by atoms with E-state index in [9.17, 15) is 37.5 Å². The number of anilines is 1. The number of hydrogen-bond acceptors (Lipinski definition) is 6. The standard InChI is InChI=1S/C35H36F4N6O5/c1-22-30(43-16-14-42(15-17-43)19-23-8-6-11-25(18-23)31(46)40-2)32(47)45(21-29(41-33(48)49)24-9-4-3-5-10-24)34(50)44(22)20-26-27(35(37,38)39)12-7-13-28(26)36/h3-13,18,29,41H,14-17,19-21H2,1-2H3,(H,40,46)(H,48,49). The van der Waals surface area contributed by atoms with Crippen LogP contribution in [0, 0.1) is 12.7 Å². The number of carbonyl (C=O) groups is 2. The molecule has 2 amide bonds. The normalized spacial score (nSPS) is 14.3. The van der Waals surface area contributed by atoms with Crippen molar-refractivity contribution in [2.45, 2.75) is 38.8 Å². The Kier molecular flexibility index (Phi) is 10.7. The van der Waals surface area contributed by atoms with Crippen LogP contribution in [0.4, 0.5) is 28.0 Å². The van der Waals surface area contributed by atoms with Gasteiger partial charge in [0, 0.05) is 56.6 Å². The highest BCUT2D eigenvalue weighted by molar-refractivity contribution is 5.94. The maximum Gasteiger partial charge on any atom is 0.416 e. The molecule has 1 aliphatic rings. The third-order valence-electron chi connectivity index (χ3n) is 8.77. The Labute approximate surface area is 284 Å². The molecule has 2 heterocycles. The maximum atomic E-state index is 15.1. The molecule has 4 aromatic rings. The Morgan fingerprint density at radius 2 is 1.58 bits per heavy atom. The molecule has 0 bridgehead atoms. The average molecular weight is 697 g/mol. The minimum Gasteiger partial charge on any atom is -0.465 e. The van der Waals surface area contributed by atoms with E-state index in [1.807, 2.05) is 6.07 Å². The zero-order valence-electron chi connectivity index (χ0n) is 27.3. The number of nitrogens with one attached hydrogen (secondary N) is 2. The first kappa shape index (κ1) is 35.9. The monoisotopic (exact) mass is 696 g/mol. The number of alkyl halides is 3. The number of aromatic nitrogens is 2. The molecule has 0 saturated carbocycles. The van der Waals surface area contributed by atoms with E-state index in [0.29, 0.717) is 43.9 Å². The fourth-order valence-corrected chi connectivity index (χ4v) is 6.24. The molecular weight excluding hydrogens is 660 g/mol. The van der Waals surface area contributed by atoms with E-state index in [0.717, 1.165) is 32.9 Å². The molecule has 1 unspecified atom stereocenters. The van der Waals surface area contributed by atoms with Gasteiger partial charge >= 0.3 is 18.0 Å². The average Bonchev–Trinajstić information content (AvgIpc) is 3.09. The Morgan fingerprint density at radius 1 is 0.900 bits per heavy atom. The molecule has 15 heteroatoms. The molecule has 1 fully saturated rings. The van der Waals surface area contributed by atoms with Gasteiger partial charge in [-0.25, -0.2) is 14.0 Å². The van der Waals surface area contributed by atoms with Crippen LogP contribution in [-0.4, -0.2) is 64.4 Å². The molecule has 3 aromatic carbocycles. The number of carbonyl (C=O) groups excluding carboxylic acids is 1. The van der Waals surface area contributed by atoms with Gasteiger partial charge in [-0.15, -0.1) is 0 Å². The summed E-state index contributed by atoms with van der Waals surface area (Å²) in [6, 6.07) is 16.8. The van der Waals surface area contributed by atoms with Gasteiger partial charge < -0.3 is 20.6 Å². The number of carboxylic acid groups (broad SMARTS) is 1. The SMILES string of the molecule is CNC(=O)c1cccc(CN2CCN(c3c(C)n(Cc4c(F)cccc4C(F)(F)F)c(=O)n(CC(NC(=O)O)c4ccccc4)c3=O)CC2)c1. The van der Waals surface area contributed by atoms with Crippen LogP contribution in [0.1, 0.15) is 44.3 Å². The van der Waals surface area contributed by atoms with Crippen molar-refractivity contribution in [2.75, 3.05) is 38.1 Å². The van der Waals surface area contributed by atoms with Gasteiger partial charge in [0.05, 0.1) is 24.7 Å². The first-order chi connectivity index (χ1) is 23.8. The summed E-state index contributed by atoms with van der Waals surface area (Å²) in [6.45, 7) is 2.14. The van der Waals surface area contributed by atoms with Crippen LogP contribution in [0.25, 0.3) is 0 Å². The van der Waals surface area contributed by atoms with Crippen molar-refractivity contribution in [1.82, 2.24) is 24.7 Å². The van der Waals surface area contributed by atoms with E-state index in [2.05, 4.69) is 15.5 Å². The van der Waals surface area contributed by atoms with Crippen LogP contribution in [0.5, 0.6) is 0 Å². The summed E-state index contributed by atoms with van der Waals surface area (Å²) in [6.07, 6.45) is -6.34. The highest BCUT2D eigenvalue weighted by Gasteiger charge is 2.35. The van der Waals surface area contributed by atoms with Gasteiger partial charge in [-0.05, 0) is 42.3 Å². The van der Waals surface area contributed by atoms with Gasteiger partial charge in [0.25, 0.3) is 11.5 Å². The summed E-state index contributed by atoms with van der Waals surface area (Å²) in [7, 11) is 1.54. The summed E-state index contributed by atoms with van der Waals surface area (Å²) < 4.78 is 58.8. The summed E-state index contributed by atoms with van der Waals surface area (Å²) in [5, 5.41) is 14.5. The van der Waals surface area contributed by atoms with E-state index >= 15 is 4.39 Å². The van der Waals surface area contributed by atoms with Crippen LogP contribution in [-0.2, 0) is 25.8 Å². The highest BCUT2D eigenvalue weighted by atomic mass is 19.4. The van der Waals surface area contributed by atoms with Crippen LogP contribution in [0.2, 0.25) is 0 Å². The molecule has 5 rings (SSSR count). The summed E-state index contributed by atoms with van der Waals surface area (Å²) in [4.78, 5) is 55.9. The van der Waals surface area contributed by atoms with Crippen molar-refractivity contribution in [1.29, 1.82) is 0 Å². The van der Waals surface area contributed by atoms with Crippen molar-refractivity contribution in [2.24, 2.45) is 0 Å². The molecule has 0 radical (unpaired) electrons. The van der Waals surface area contributed by atoms with Gasteiger partial charge in [-0.2, -0.15) is 13.2 Å². The lowest BCUT2D eigenvalue weighted by Gasteiger charge is -2.37. The summed E-state index contributed by atoms with van der Waals surface area (Å²) in [5.41, 5.74) is -1.87. The Balaban J connectivity index is 1.54. The number of nitrogens with zero attached hydrogens (tertiary/aromatic N) is 4. The molecular formula is C35H36F4N6O5. The van der Waals surface area contributed by atoms with E-state index in [1.165, 1.54) is 6.92 Å². The first-order valence-electron chi connectivity index (χ1n) is 15.8. The van der Waals surface area contributed by atoms with E-state index in [1.54, 1.807) is 60.5 Å². The van der Waals surface area contributed by atoms with Crippen LogP contribution < -0.4 is 26.8 Å². The lowest BCUT2D eigenvalue weighted by molar-refractivity contribution is -0.138. The van der Waals surface area contributed by atoms with E-state index in [4.69, 9.17) is 0 Å². The molecule has 50 heavy (non-hydrogen) atoms. The van der Waals surface area contributed by atoms with Crippen molar-refractivity contribution >= 4 is 17.7 Å². The Bertz CT molecular complexity index is 1990. The molecule has 0 spiro atoms. The zero-order chi connectivity index (χ0) is 36.2. The van der Waals surface area contributed by atoms with Crippen LogP contribution >= 0.6 is 0 Å². The second kappa shape index (κ2) is 15.0. The second-order valence-corrected chi connectivity index (χ2v) is 11.9. The number of benzene rings is 3. The number of piperazine rings is 1. The third-order valence-corrected chi connectivity index (χ3v) is 8.77. The third kappa shape index (κ3) is 7.88. The molecule has 264 valence electrons. The molecule has 1 atom stereocenters. The van der Waals surface area contributed by atoms with Gasteiger partial charge in [0.1, 0.15) is 11.5 Å². The van der Waals surface area contributed by atoms with E-state index < -0.39 is 59.6 Å². The minimum absolute atomic E-state index is 0.0397. The highest BCUT2D eigenvalue weighted by Crippen LogP contribution is 2.33. The van der Waals surface area contributed by atoms with Gasteiger partial charge in [-0.3, -0.25) is 23.6 Å². The lowest BCUT2D eigenvalue weighted by Crippen LogP contribution is -2.51.